The van der Waals surface area contributed by atoms with E-state index in [0.717, 1.165) is 39.1 Å². The molecule has 1 saturated heterocycles. The van der Waals surface area contributed by atoms with E-state index in [2.05, 4.69) is 36.1 Å². The molecule has 2 rings (SSSR count). The molecule has 1 atom stereocenters. The van der Waals surface area contributed by atoms with E-state index in [1.165, 1.54) is 11.3 Å². The van der Waals surface area contributed by atoms with Crippen molar-refractivity contribution in [1.29, 1.82) is 0 Å². The maximum absolute atomic E-state index is 5.69. The predicted octanol–water partition coefficient (Wildman–Crippen LogP) is 1.80. The van der Waals surface area contributed by atoms with Gasteiger partial charge in [-0.15, -0.1) is 0 Å². The maximum Gasteiger partial charge on any atom is 0.0671 e. The van der Waals surface area contributed by atoms with E-state index in [1.807, 2.05) is 0 Å². The van der Waals surface area contributed by atoms with Crippen molar-refractivity contribution in [2.24, 2.45) is 5.73 Å². The van der Waals surface area contributed by atoms with E-state index in [4.69, 9.17) is 10.5 Å². The lowest BCUT2D eigenvalue weighted by Crippen LogP contribution is -2.46. The minimum atomic E-state index is 0.432. The quantitative estimate of drug-likeness (QED) is 0.863. The molecule has 0 bridgehead atoms. The first kappa shape index (κ1) is 12.4. The highest BCUT2D eigenvalue weighted by Gasteiger charge is 2.23. The third-order valence-corrected chi connectivity index (χ3v) is 3.41. The number of benzene rings is 1. The van der Waals surface area contributed by atoms with E-state index < -0.39 is 0 Å². The third-order valence-electron chi connectivity index (χ3n) is 3.41. The molecule has 0 aromatic heterocycles. The van der Waals surface area contributed by atoms with Gasteiger partial charge in [-0.05, 0) is 31.0 Å². The van der Waals surface area contributed by atoms with Crippen molar-refractivity contribution in [3.8, 4) is 0 Å². The smallest absolute Gasteiger partial charge is 0.0671 e. The zero-order valence-electron chi connectivity index (χ0n) is 10.6. The Balaban J connectivity index is 2.22. The standard InChI is InChI=1S/C14H22N2O/c1-2-12-5-3-4-6-14(12)16-9-10-17-11-13(16)7-8-15/h3-6,13H,2,7-11,15H2,1H3. The first-order valence-electron chi connectivity index (χ1n) is 6.49. The number of hydrogen-bond acceptors (Lipinski definition) is 3. The first-order valence-corrected chi connectivity index (χ1v) is 6.49. The van der Waals surface area contributed by atoms with Gasteiger partial charge in [0.25, 0.3) is 0 Å². The molecule has 0 amide bonds. The van der Waals surface area contributed by atoms with Gasteiger partial charge >= 0.3 is 0 Å². The molecule has 0 saturated carbocycles. The summed E-state index contributed by atoms with van der Waals surface area (Å²) in [6.45, 7) is 5.52. The summed E-state index contributed by atoms with van der Waals surface area (Å²) in [6, 6.07) is 9.09. The van der Waals surface area contributed by atoms with Crippen LogP contribution < -0.4 is 10.6 Å². The average Bonchev–Trinajstić information content (AvgIpc) is 2.40. The Bertz CT molecular complexity index is 352. The summed E-state index contributed by atoms with van der Waals surface area (Å²) in [5.74, 6) is 0. The molecule has 1 aromatic rings. The molecule has 1 aromatic carbocycles. The van der Waals surface area contributed by atoms with Gasteiger partial charge < -0.3 is 15.4 Å². The largest absolute Gasteiger partial charge is 0.377 e. The normalized spacial score (nSPS) is 20.6. The fraction of sp³-hybridized carbons (Fsp3) is 0.571. The summed E-state index contributed by atoms with van der Waals surface area (Å²) < 4.78 is 5.56. The van der Waals surface area contributed by atoms with Crippen molar-refractivity contribution in [2.45, 2.75) is 25.8 Å². The molecule has 0 radical (unpaired) electrons. The van der Waals surface area contributed by atoms with Gasteiger partial charge in [-0.3, -0.25) is 0 Å². The van der Waals surface area contributed by atoms with E-state index >= 15 is 0 Å². The molecule has 94 valence electrons. The molecule has 1 fully saturated rings. The number of anilines is 1. The summed E-state index contributed by atoms with van der Waals surface area (Å²) in [4.78, 5) is 2.47. The van der Waals surface area contributed by atoms with Gasteiger partial charge in [0.2, 0.25) is 0 Å². The highest BCUT2D eigenvalue weighted by Crippen LogP contribution is 2.25. The van der Waals surface area contributed by atoms with Crippen LogP contribution in [-0.2, 0) is 11.2 Å². The van der Waals surface area contributed by atoms with Crippen molar-refractivity contribution >= 4 is 5.69 Å². The van der Waals surface area contributed by atoms with Crippen LogP contribution in [0.2, 0.25) is 0 Å². The molecular formula is C14H22N2O. The monoisotopic (exact) mass is 234 g/mol. The number of hydrogen-bond donors (Lipinski definition) is 1. The SMILES string of the molecule is CCc1ccccc1N1CCOCC1CCN. The summed E-state index contributed by atoms with van der Waals surface area (Å²) in [7, 11) is 0. The van der Waals surface area contributed by atoms with Crippen LogP contribution in [0.4, 0.5) is 5.69 Å². The molecule has 3 heteroatoms. The Morgan fingerprint density at radius 2 is 2.24 bits per heavy atom. The first-order chi connectivity index (χ1) is 8.36. The van der Waals surface area contributed by atoms with Crippen molar-refractivity contribution < 1.29 is 4.74 Å². The molecule has 0 spiro atoms. The van der Waals surface area contributed by atoms with Gasteiger partial charge in [-0.1, -0.05) is 25.1 Å². The lowest BCUT2D eigenvalue weighted by molar-refractivity contribution is 0.0922. The van der Waals surface area contributed by atoms with Gasteiger partial charge in [-0.25, -0.2) is 0 Å². The molecule has 0 aliphatic carbocycles. The molecule has 1 unspecified atom stereocenters. The number of morpholine rings is 1. The second kappa shape index (κ2) is 6.03. The second-order valence-corrected chi connectivity index (χ2v) is 4.48. The minimum absolute atomic E-state index is 0.432. The van der Waals surface area contributed by atoms with E-state index in [9.17, 15) is 0 Å². The van der Waals surface area contributed by atoms with Crippen molar-refractivity contribution in [2.75, 3.05) is 31.2 Å². The number of para-hydroxylation sites is 1. The number of rotatable bonds is 4. The Kier molecular flexibility index (Phi) is 4.40. The minimum Gasteiger partial charge on any atom is -0.377 e. The maximum atomic E-state index is 5.69. The summed E-state index contributed by atoms with van der Waals surface area (Å²) in [5, 5.41) is 0. The zero-order valence-corrected chi connectivity index (χ0v) is 10.6. The molecule has 1 aliphatic rings. The second-order valence-electron chi connectivity index (χ2n) is 4.48. The van der Waals surface area contributed by atoms with Gasteiger partial charge in [0.05, 0.1) is 19.3 Å². The highest BCUT2D eigenvalue weighted by molar-refractivity contribution is 5.54. The number of nitrogens with zero attached hydrogens (tertiary/aromatic N) is 1. The zero-order chi connectivity index (χ0) is 12.1. The van der Waals surface area contributed by atoms with Crippen LogP contribution in [0.25, 0.3) is 0 Å². The average molecular weight is 234 g/mol. The number of ether oxygens (including phenoxy) is 1. The topological polar surface area (TPSA) is 38.5 Å². The Hall–Kier alpha value is -1.06. The van der Waals surface area contributed by atoms with Crippen LogP contribution in [0.5, 0.6) is 0 Å². The summed E-state index contributed by atoms with van der Waals surface area (Å²) in [6.07, 6.45) is 2.07. The molecule has 3 nitrogen and oxygen atoms in total. The fourth-order valence-electron chi connectivity index (χ4n) is 2.49. The summed E-state index contributed by atoms with van der Waals surface area (Å²) >= 11 is 0. The molecule has 2 N–H and O–H groups in total. The fourth-order valence-corrected chi connectivity index (χ4v) is 2.49. The highest BCUT2D eigenvalue weighted by atomic mass is 16.5. The van der Waals surface area contributed by atoms with Crippen LogP contribution in [0, 0.1) is 0 Å². The van der Waals surface area contributed by atoms with Gasteiger partial charge in [0.15, 0.2) is 0 Å². The molecule has 17 heavy (non-hydrogen) atoms. The van der Waals surface area contributed by atoms with Crippen LogP contribution in [0.1, 0.15) is 18.9 Å². The van der Waals surface area contributed by atoms with E-state index in [0.29, 0.717) is 6.04 Å². The van der Waals surface area contributed by atoms with E-state index in [1.54, 1.807) is 0 Å². The Morgan fingerprint density at radius 3 is 3.00 bits per heavy atom. The number of nitrogens with two attached hydrogens (primary N) is 1. The molecule has 1 aliphatic heterocycles. The van der Waals surface area contributed by atoms with Gasteiger partial charge in [0.1, 0.15) is 0 Å². The lowest BCUT2D eigenvalue weighted by atomic mass is 10.1. The van der Waals surface area contributed by atoms with Crippen LogP contribution >= 0.6 is 0 Å². The predicted molar refractivity (Wildman–Crippen MR) is 71.4 cm³/mol. The Labute approximate surface area is 104 Å². The van der Waals surface area contributed by atoms with Crippen LogP contribution in [0.3, 0.4) is 0 Å². The van der Waals surface area contributed by atoms with Crippen molar-refractivity contribution in [1.82, 2.24) is 0 Å². The van der Waals surface area contributed by atoms with Gasteiger partial charge in [-0.2, -0.15) is 0 Å². The third kappa shape index (κ3) is 2.79. The van der Waals surface area contributed by atoms with Crippen LogP contribution in [-0.4, -0.2) is 32.3 Å². The van der Waals surface area contributed by atoms with Gasteiger partial charge in [0, 0.05) is 12.2 Å². The number of aryl methyl sites for hydroxylation is 1. The lowest BCUT2D eigenvalue weighted by Gasteiger charge is -2.38. The van der Waals surface area contributed by atoms with Crippen LogP contribution in [0.15, 0.2) is 24.3 Å². The summed E-state index contributed by atoms with van der Waals surface area (Å²) in [5.41, 5.74) is 8.46. The molecule has 1 heterocycles. The van der Waals surface area contributed by atoms with Crippen molar-refractivity contribution in [3.05, 3.63) is 29.8 Å². The van der Waals surface area contributed by atoms with E-state index in [-0.39, 0.29) is 0 Å². The molecular weight excluding hydrogens is 212 g/mol. The van der Waals surface area contributed by atoms with Crippen molar-refractivity contribution in [3.63, 3.8) is 0 Å². The Morgan fingerprint density at radius 1 is 1.41 bits per heavy atom.